The predicted octanol–water partition coefficient (Wildman–Crippen LogP) is 10.4. The Morgan fingerprint density at radius 3 is 2.27 bits per heavy atom. The summed E-state index contributed by atoms with van der Waals surface area (Å²) in [5, 5.41) is 0. The first-order valence-electron chi connectivity index (χ1n) is 21.7. The summed E-state index contributed by atoms with van der Waals surface area (Å²) in [6, 6.07) is 21.1. The van der Waals surface area contributed by atoms with Crippen molar-refractivity contribution >= 4 is 33.3 Å². The van der Waals surface area contributed by atoms with Crippen molar-refractivity contribution in [3.8, 4) is 0 Å². The van der Waals surface area contributed by atoms with E-state index in [-0.39, 0.29) is 22.5 Å². The summed E-state index contributed by atoms with van der Waals surface area (Å²) in [7, 11) is -0.232. The van der Waals surface area contributed by atoms with Gasteiger partial charge in [-0.25, -0.2) is 9.36 Å². The molecule has 0 fully saturated rings. The number of anilines is 1. The van der Waals surface area contributed by atoms with E-state index in [0.29, 0.717) is 19.4 Å². The molecule has 0 radical (unpaired) electrons. The van der Waals surface area contributed by atoms with Gasteiger partial charge in [-0.2, -0.15) is 13.0 Å². The van der Waals surface area contributed by atoms with Crippen LogP contribution in [0.1, 0.15) is 116 Å². The summed E-state index contributed by atoms with van der Waals surface area (Å²) in [4.78, 5) is 18.4. The number of pyridine rings is 1. The first-order chi connectivity index (χ1) is 28.5. The molecule has 9 nitrogen and oxygen atoms in total. The van der Waals surface area contributed by atoms with Gasteiger partial charge in [0.1, 0.15) is 19.7 Å². The van der Waals surface area contributed by atoms with Gasteiger partial charge in [0, 0.05) is 72.2 Å². The second kappa shape index (κ2) is 18.4. The summed E-state index contributed by atoms with van der Waals surface area (Å²) in [6.07, 6.45) is 17.9. The van der Waals surface area contributed by atoms with Crippen molar-refractivity contribution in [1.82, 2.24) is 4.90 Å². The average Bonchev–Trinajstić information content (AvgIpc) is 3.78. The second-order valence-corrected chi connectivity index (χ2v) is 19.6. The highest BCUT2D eigenvalue weighted by Gasteiger charge is 2.44. The highest BCUT2D eigenvalue weighted by Crippen LogP contribution is 2.48. The van der Waals surface area contributed by atoms with Crippen molar-refractivity contribution < 1.29 is 31.6 Å². The van der Waals surface area contributed by atoms with Gasteiger partial charge in [-0.1, -0.05) is 89.6 Å². The fourth-order valence-electron chi connectivity index (χ4n) is 9.23. The summed E-state index contributed by atoms with van der Waals surface area (Å²) < 4.78 is 43.3. The summed E-state index contributed by atoms with van der Waals surface area (Å²) in [5.41, 5.74) is 10.6. The Kier molecular flexibility index (Phi) is 13.8. The zero-order valence-corrected chi connectivity index (χ0v) is 38.1. The van der Waals surface area contributed by atoms with Crippen molar-refractivity contribution in [2.45, 2.75) is 110 Å². The zero-order chi connectivity index (χ0) is 43.4. The molecule has 1 N–H and O–H groups in total. The third-order valence-corrected chi connectivity index (χ3v) is 13.4. The predicted molar refractivity (Wildman–Crippen MR) is 242 cm³/mol. The van der Waals surface area contributed by atoms with Crippen LogP contribution < -0.4 is 9.47 Å². The minimum Gasteiger partial charge on any atom is -0.441 e. The number of aromatic nitrogens is 1. The van der Waals surface area contributed by atoms with E-state index < -0.39 is 22.3 Å². The molecule has 1 amide bonds. The van der Waals surface area contributed by atoms with E-state index in [1.165, 1.54) is 28.9 Å². The number of benzene rings is 2. The number of unbranched alkanes of at least 4 members (excludes halogenated alkanes) is 3. The first kappa shape index (κ1) is 44.7. The molecule has 1 aliphatic carbocycles. The van der Waals surface area contributed by atoms with E-state index in [9.17, 15) is 17.8 Å². The van der Waals surface area contributed by atoms with E-state index in [1.54, 1.807) is 4.90 Å². The number of rotatable bonds is 16. The molecular weight excluding hydrogens is 769 g/mol. The number of carbonyl (C=O) groups excluding carboxylic acids is 1. The van der Waals surface area contributed by atoms with Gasteiger partial charge >= 0.3 is 6.09 Å². The zero-order valence-electron chi connectivity index (χ0n) is 37.2. The molecule has 1 aromatic heterocycles. The molecule has 0 bridgehead atoms. The van der Waals surface area contributed by atoms with Crippen LogP contribution in [0, 0.1) is 5.92 Å². The Balaban J connectivity index is 1.42. The van der Waals surface area contributed by atoms with Crippen LogP contribution in [0.2, 0.25) is 0 Å². The number of hydrogen-bond acceptors (Lipinski definition) is 5. The maximum Gasteiger partial charge on any atom is 0.414 e. The highest BCUT2D eigenvalue weighted by molar-refractivity contribution is 7.85. The lowest BCUT2D eigenvalue weighted by molar-refractivity contribution is -0.671. The van der Waals surface area contributed by atoms with Crippen LogP contribution in [0.4, 0.5) is 16.2 Å². The fraction of sp³-hybridized carbons (Fsp3) is 0.460. The van der Waals surface area contributed by atoms with Crippen molar-refractivity contribution in [2.24, 2.45) is 13.0 Å². The van der Waals surface area contributed by atoms with Crippen molar-refractivity contribution in [1.29, 1.82) is 0 Å². The average molecular weight is 835 g/mol. The van der Waals surface area contributed by atoms with Crippen LogP contribution in [0.3, 0.4) is 0 Å². The minimum absolute atomic E-state index is 0.0581. The number of likely N-dealkylation sites (N-methyl/N-ethyl adjacent to an activating group) is 1. The smallest absolute Gasteiger partial charge is 0.414 e. The molecule has 60 heavy (non-hydrogen) atoms. The van der Waals surface area contributed by atoms with Gasteiger partial charge in [0.2, 0.25) is 5.69 Å². The molecule has 6 rings (SSSR count). The molecule has 2 aliphatic heterocycles. The van der Waals surface area contributed by atoms with Crippen LogP contribution in [-0.2, 0) is 32.7 Å². The fourth-order valence-corrected chi connectivity index (χ4v) is 9.80. The second-order valence-electron chi connectivity index (χ2n) is 18.0. The third-order valence-electron chi connectivity index (χ3n) is 12.6. The number of nitrogens with zero attached hydrogens (tertiary/aromatic N) is 4. The van der Waals surface area contributed by atoms with Crippen LogP contribution in [0.5, 0.6) is 0 Å². The number of carbonyl (C=O) groups is 1. The number of ether oxygens (including phenoxy) is 1. The van der Waals surface area contributed by atoms with Crippen LogP contribution in [0.25, 0.3) is 0 Å². The van der Waals surface area contributed by atoms with E-state index in [2.05, 4.69) is 125 Å². The SMILES string of the molecule is CCCCC[N+]1=C(/C=C/C2=C(N(C)C(=O)OC(c3cc[n+](C)cc3)C(C)C)C(=C/C=C3/N(CCCCS(=O)(=O)O)c4ccccc4C3(C)C)/CC2)C(C)(C)c2ccccc21. The number of para-hydroxylation sites is 2. The molecule has 320 valence electrons. The van der Waals surface area contributed by atoms with Gasteiger partial charge in [-0.3, -0.25) is 9.45 Å². The largest absolute Gasteiger partial charge is 0.441 e. The lowest BCUT2D eigenvalue weighted by Crippen LogP contribution is -2.31. The lowest BCUT2D eigenvalue weighted by Gasteiger charge is -2.28. The van der Waals surface area contributed by atoms with Crippen LogP contribution in [-0.4, -0.2) is 60.1 Å². The van der Waals surface area contributed by atoms with Gasteiger partial charge in [0.25, 0.3) is 10.1 Å². The maximum absolute atomic E-state index is 14.4. The summed E-state index contributed by atoms with van der Waals surface area (Å²) in [6.45, 7) is 17.0. The molecular formula is C50H66N4O5S+2. The molecule has 3 heterocycles. The Morgan fingerprint density at radius 1 is 0.900 bits per heavy atom. The highest BCUT2D eigenvalue weighted by atomic mass is 32.2. The van der Waals surface area contributed by atoms with E-state index >= 15 is 0 Å². The molecule has 1 unspecified atom stereocenters. The standard InChI is InChI=1S/C50H65N4O5S/c1-10-11-16-31-53-42-21-14-12-19-40(42)49(4,5)44(53)27-25-37-23-24-38(46(37)52(9)48(55)59-47(36(2)3)39-29-33-51(8)34-30-39)26-28-45-50(6,7)41-20-13-15-22-43(41)54(45)32-17-18-35-60(56,57)58/h12-15,19-22,25-30,33-34,36,47H,10-11,16-18,23-24,31-32,35H2,1-9H3/q+1/p+1. The van der Waals surface area contributed by atoms with Crippen molar-refractivity contribution in [3.05, 3.63) is 137 Å². The van der Waals surface area contributed by atoms with Crippen LogP contribution >= 0.6 is 0 Å². The molecule has 2 aromatic carbocycles. The molecule has 3 aliphatic rings. The number of amides is 1. The Hall–Kier alpha value is -4.80. The van der Waals surface area contributed by atoms with Gasteiger partial charge in [0.15, 0.2) is 18.1 Å². The maximum atomic E-state index is 14.4. The quantitative estimate of drug-likeness (QED) is 0.0878. The molecule has 10 heteroatoms. The van der Waals surface area contributed by atoms with Gasteiger partial charge in [-0.15, -0.1) is 0 Å². The molecule has 3 aromatic rings. The number of hydrogen-bond donors (Lipinski definition) is 1. The first-order valence-corrected chi connectivity index (χ1v) is 23.4. The van der Waals surface area contributed by atoms with E-state index in [0.717, 1.165) is 66.0 Å². The monoisotopic (exact) mass is 834 g/mol. The minimum atomic E-state index is -4.04. The molecule has 0 spiro atoms. The summed E-state index contributed by atoms with van der Waals surface area (Å²) >= 11 is 0. The number of aryl methyl sites for hydroxylation is 1. The van der Waals surface area contributed by atoms with E-state index in [4.69, 9.17) is 4.74 Å². The lowest BCUT2D eigenvalue weighted by atomic mass is 9.81. The molecule has 0 saturated heterocycles. The van der Waals surface area contributed by atoms with Gasteiger partial charge in [0.05, 0.1) is 16.9 Å². The molecule has 0 saturated carbocycles. The normalized spacial score (nSPS) is 18.9. The Labute approximate surface area is 359 Å². The van der Waals surface area contributed by atoms with Gasteiger partial charge in [-0.05, 0) is 80.7 Å². The van der Waals surface area contributed by atoms with E-state index in [1.807, 2.05) is 49.3 Å². The number of fused-ring (bicyclic) bond motifs is 2. The third kappa shape index (κ3) is 9.55. The van der Waals surface area contributed by atoms with Crippen molar-refractivity contribution in [3.63, 3.8) is 0 Å². The Morgan fingerprint density at radius 2 is 1.58 bits per heavy atom. The van der Waals surface area contributed by atoms with Crippen molar-refractivity contribution in [2.75, 3.05) is 30.8 Å². The number of allylic oxidation sites excluding steroid dienone is 7. The molecule has 1 atom stereocenters. The Bertz CT molecular complexity index is 2330. The topological polar surface area (TPSA) is 94.0 Å². The van der Waals surface area contributed by atoms with Gasteiger partial charge < -0.3 is 9.64 Å². The van der Waals surface area contributed by atoms with Crippen LogP contribution in [0.15, 0.2) is 120 Å². The summed E-state index contributed by atoms with van der Waals surface area (Å²) in [5.74, 6) is -0.204.